The summed E-state index contributed by atoms with van der Waals surface area (Å²) < 4.78 is 11.2. The molecule has 9 nitrogen and oxygen atoms in total. The third-order valence-electron chi connectivity index (χ3n) is 7.52. The Kier molecular flexibility index (Phi) is 13.6. The molecule has 0 saturated carbocycles. The van der Waals surface area contributed by atoms with E-state index in [-0.39, 0.29) is 24.3 Å². The minimum Gasteiger partial charge on any atom is -0.494 e. The van der Waals surface area contributed by atoms with Crippen molar-refractivity contribution in [1.29, 1.82) is 0 Å². The SMILES string of the molecule is CCCCCCCOc1ccc(C(=O)Oc2ccc(C[C@H](NC(=O)c3ccc(NC(=O)Cc4ccccc4Cl)cc3)C(=O)O)cc2)cc1. The van der Waals surface area contributed by atoms with Crippen LogP contribution in [0.5, 0.6) is 11.5 Å². The third kappa shape index (κ3) is 11.3. The number of nitrogens with one attached hydrogen (secondary N) is 2. The first-order chi connectivity index (χ1) is 23.2. The summed E-state index contributed by atoms with van der Waals surface area (Å²) in [6.07, 6.45) is 5.85. The summed E-state index contributed by atoms with van der Waals surface area (Å²) in [6.45, 7) is 2.81. The first-order valence-electron chi connectivity index (χ1n) is 15.9. The van der Waals surface area contributed by atoms with Gasteiger partial charge in [0.2, 0.25) is 5.91 Å². The molecule has 1 atom stereocenters. The number of esters is 1. The van der Waals surface area contributed by atoms with Gasteiger partial charge < -0.3 is 25.2 Å². The summed E-state index contributed by atoms with van der Waals surface area (Å²) in [7, 11) is 0. The van der Waals surface area contributed by atoms with Crippen LogP contribution in [0.25, 0.3) is 0 Å². The first-order valence-corrected chi connectivity index (χ1v) is 16.3. The Hall–Kier alpha value is -5.15. The number of carbonyl (C=O) groups excluding carboxylic acids is 3. The molecule has 0 aromatic heterocycles. The highest BCUT2D eigenvalue weighted by molar-refractivity contribution is 6.31. The maximum absolute atomic E-state index is 12.9. The number of carboxylic acids is 1. The van der Waals surface area contributed by atoms with Crippen molar-refractivity contribution < 1.29 is 33.8 Å². The number of unbranched alkanes of at least 4 members (excludes halogenated alkanes) is 4. The molecule has 0 radical (unpaired) electrons. The van der Waals surface area contributed by atoms with Crippen molar-refractivity contribution in [3.63, 3.8) is 0 Å². The van der Waals surface area contributed by atoms with E-state index in [1.165, 1.54) is 31.4 Å². The van der Waals surface area contributed by atoms with Gasteiger partial charge in [-0.05, 0) is 84.3 Å². The van der Waals surface area contributed by atoms with Crippen LogP contribution in [0.2, 0.25) is 5.02 Å². The average molecular weight is 671 g/mol. The number of carbonyl (C=O) groups is 4. The van der Waals surface area contributed by atoms with Crippen LogP contribution in [0.1, 0.15) is 70.9 Å². The Bertz CT molecular complexity index is 1670. The van der Waals surface area contributed by atoms with Crippen molar-refractivity contribution in [2.75, 3.05) is 11.9 Å². The van der Waals surface area contributed by atoms with Gasteiger partial charge in [-0.2, -0.15) is 0 Å². The van der Waals surface area contributed by atoms with Gasteiger partial charge in [0.15, 0.2) is 0 Å². The molecule has 0 saturated heterocycles. The molecule has 2 amide bonds. The highest BCUT2D eigenvalue weighted by Crippen LogP contribution is 2.19. The summed E-state index contributed by atoms with van der Waals surface area (Å²) in [6, 6.07) is 25.2. The molecule has 3 N–H and O–H groups in total. The number of rotatable bonds is 17. The molecule has 0 bridgehead atoms. The van der Waals surface area contributed by atoms with Gasteiger partial charge in [0, 0.05) is 22.7 Å². The van der Waals surface area contributed by atoms with Crippen molar-refractivity contribution in [1.82, 2.24) is 5.32 Å². The molecule has 250 valence electrons. The number of halogens is 1. The molecule has 10 heteroatoms. The number of ether oxygens (including phenoxy) is 2. The van der Waals surface area contributed by atoms with E-state index in [1.807, 2.05) is 0 Å². The molecule has 0 unspecified atom stereocenters. The summed E-state index contributed by atoms with van der Waals surface area (Å²) in [5, 5.41) is 15.6. The summed E-state index contributed by atoms with van der Waals surface area (Å²) in [5.74, 6) is -1.59. The number of carboxylic acid groups (broad SMARTS) is 1. The maximum Gasteiger partial charge on any atom is 0.343 e. The van der Waals surface area contributed by atoms with Crippen LogP contribution in [0, 0.1) is 0 Å². The number of benzene rings is 4. The van der Waals surface area contributed by atoms with E-state index in [0.29, 0.717) is 45.5 Å². The molecular formula is C38H39ClN2O7. The monoisotopic (exact) mass is 670 g/mol. The van der Waals surface area contributed by atoms with Crippen molar-refractivity contribution in [3.05, 3.63) is 124 Å². The maximum atomic E-state index is 12.9. The zero-order chi connectivity index (χ0) is 34.3. The lowest BCUT2D eigenvalue weighted by molar-refractivity contribution is -0.139. The fourth-order valence-electron chi connectivity index (χ4n) is 4.84. The second kappa shape index (κ2) is 18.3. The van der Waals surface area contributed by atoms with E-state index < -0.39 is 23.9 Å². The summed E-state index contributed by atoms with van der Waals surface area (Å²) in [5.41, 5.74) is 2.40. The Morgan fingerprint density at radius 3 is 2.08 bits per heavy atom. The number of hydrogen-bond donors (Lipinski definition) is 3. The standard InChI is InChI=1S/C38H39ClN2O7/c1-2-3-4-5-8-23-47-31-21-15-28(16-22-31)38(46)48-32-19-11-26(12-20-32)24-34(37(44)45)41-36(43)27-13-17-30(18-14-27)40-35(42)25-29-9-6-7-10-33(29)39/h6-7,9-22,34H,2-5,8,23-25H2,1H3,(H,40,42)(H,41,43)(H,44,45)/t34-/m0/s1. The van der Waals surface area contributed by atoms with E-state index in [1.54, 1.807) is 84.9 Å². The van der Waals surface area contributed by atoms with E-state index >= 15 is 0 Å². The van der Waals surface area contributed by atoms with Gasteiger partial charge in [0.1, 0.15) is 17.5 Å². The minimum absolute atomic E-state index is 0.00551. The van der Waals surface area contributed by atoms with E-state index in [2.05, 4.69) is 17.6 Å². The van der Waals surface area contributed by atoms with Crippen LogP contribution in [0.4, 0.5) is 5.69 Å². The molecule has 0 aliphatic heterocycles. The van der Waals surface area contributed by atoms with E-state index in [4.69, 9.17) is 21.1 Å². The van der Waals surface area contributed by atoms with Crippen LogP contribution in [-0.2, 0) is 22.4 Å². The van der Waals surface area contributed by atoms with Crippen LogP contribution in [0.15, 0.2) is 97.1 Å². The normalized spacial score (nSPS) is 11.3. The molecule has 0 heterocycles. The van der Waals surface area contributed by atoms with E-state index in [0.717, 1.165) is 12.8 Å². The Balaban J connectivity index is 1.25. The predicted octanol–water partition coefficient (Wildman–Crippen LogP) is 7.52. The highest BCUT2D eigenvalue weighted by atomic mass is 35.5. The van der Waals surface area contributed by atoms with Gasteiger partial charge in [-0.3, -0.25) is 9.59 Å². The number of amides is 2. The Morgan fingerprint density at radius 1 is 0.771 bits per heavy atom. The van der Waals surface area contributed by atoms with Gasteiger partial charge in [-0.15, -0.1) is 0 Å². The third-order valence-corrected chi connectivity index (χ3v) is 7.89. The summed E-state index contributed by atoms with van der Waals surface area (Å²) >= 11 is 6.13. The predicted molar refractivity (Wildman–Crippen MR) is 185 cm³/mol. The van der Waals surface area contributed by atoms with Crippen molar-refractivity contribution >= 4 is 41.0 Å². The first kappa shape index (κ1) is 35.7. The lowest BCUT2D eigenvalue weighted by atomic mass is 10.0. The highest BCUT2D eigenvalue weighted by Gasteiger charge is 2.21. The quantitative estimate of drug-likeness (QED) is 0.0602. The molecule has 48 heavy (non-hydrogen) atoms. The van der Waals surface area contributed by atoms with Crippen LogP contribution in [-0.4, -0.2) is 41.5 Å². The zero-order valence-electron chi connectivity index (χ0n) is 26.7. The number of anilines is 1. The molecule has 0 aliphatic rings. The topological polar surface area (TPSA) is 131 Å². The second-order valence-corrected chi connectivity index (χ2v) is 11.7. The number of aliphatic carboxylic acids is 1. The lowest BCUT2D eigenvalue weighted by Gasteiger charge is -2.15. The zero-order valence-corrected chi connectivity index (χ0v) is 27.5. The smallest absolute Gasteiger partial charge is 0.343 e. The van der Waals surface area contributed by atoms with E-state index in [9.17, 15) is 24.3 Å². The van der Waals surface area contributed by atoms with Crippen LogP contribution >= 0.6 is 11.6 Å². The largest absolute Gasteiger partial charge is 0.494 e. The lowest BCUT2D eigenvalue weighted by Crippen LogP contribution is -2.42. The molecule has 4 aromatic carbocycles. The van der Waals surface area contributed by atoms with Gasteiger partial charge in [0.05, 0.1) is 18.6 Å². The Morgan fingerprint density at radius 2 is 1.42 bits per heavy atom. The molecular weight excluding hydrogens is 632 g/mol. The van der Waals surface area contributed by atoms with Crippen molar-refractivity contribution in [2.45, 2.75) is 57.9 Å². The molecule has 0 aliphatic carbocycles. The average Bonchev–Trinajstić information content (AvgIpc) is 3.08. The van der Waals surface area contributed by atoms with Crippen LogP contribution < -0.4 is 20.1 Å². The minimum atomic E-state index is -1.21. The fourth-order valence-corrected chi connectivity index (χ4v) is 5.05. The molecule has 0 fully saturated rings. The molecule has 4 rings (SSSR count). The van der Waals surface area contributed by atoms with Gasteiger partial charge in [-0.1, -0.05) is 74.5 Å². The molecule has 0 spiro atoms. The van der Waals surface area contributed by atoms with Crippen LogP contribution in [0.3, 0.4) is 0 Å². The van der Waals surface area contributed by atoms with Gasteiger partial charge >= 0.3 is 11.9 Å². The second-order valence-electron chi connectivity index (χ2n) is 11.3. The van der Waals surface area contributed by atoms with Gasteiger partial charge in [-0.25, -0.2) is 9.59 Å². The van der Waals surface area contributed by atoms with Gasteiger partial charge in [0.25, 0.3) is 5.91 Å². The Labute approximate surface area is 285 Å². The fraction of sp³-hybridized carbons (Fsp3) is 0.263. The number of hydrogen-bond acceptors (Lipinski definition) is 6. The van der Waals surface area contributed by atoms with Crippen molar-refractivity contribution in [2.24, 2.45) is 0 Å². The summed E-state index contributed by atoms with van der Waals surface area (Å²) in [4.78, 5) is 49.9. The van der Waals surface area contributed by atoms with Crippen molar-refractivity contribution in [3.8, 4) is 11.5 Å². The molecule has 4 aromatic rings.